The highest BCUT2D eigenvalue weighted by molar-refractivity contribution is 6.31. The van der Waals surface area contributed by atoms with Crippen molar-refractivity contribution in [3.63, 3.8) is 0 Å². The number of aryl methyl sites for hydroxylation is 1. The van der Waals surface area contributed by atoms with E-state index in [-0.39, 0.29) is 6.03 Å². The molecule has 0 heterocycles. The minimum atomic E-state index is -0.296. The van der Waals surface area contributed by atoms with Crippen LogP contribution < -0.4 is 24.8 Å². The zero-order valence-corrected chi connectivity index (χ0v) is 16.1. The average Bonchev–Trinajstić information content (AvgIpc) is 2.64. The highest BCUT2D eigenvalue weighted by Crippen LogP contribution is 2.34. The molecule has 0 saturated heterocycles. The molecule has 0 fully saturated rings. The Morgan fingerprint density at radius 2 is 1.65 bits per heavy atom. The summed E-state index contributed by atoms with van der Waals surface area (Å²) in [7, 11) is 4.74. The highest BCUT2D eigenvalue weighted by Gasteiger charge is 2.12. The SMILES string of the molecule is COc1cc(OC)c(OC)cc1CCNC(=O)Nc1cc(Cl)ccc1C. The molecule has 2 N–H and O–H groups in total. The van der Waals surface area contributed by atoms with Gasteiger partial charge >= 0.3 is 6.03 Å². The van der Waals surface area contributed by atoms with E-state index in [4.69, 9.17) is 25.8 Å². The van der Waals surface area contributed by atoms with Gasteiger partial charge < -0.3 is 24.8 Å². The predicted molar refractivity (Wildman–Crippen MR) is 103 cm³/mol. The fraction of sp³-hybridized carbons (Fsp3) is 0.316. The smallest absolute Gasteiger partial charge is 0.319 e. The van der Waals surface area contributed by atoms with Gasteiger partial charge in [0.2, 0.25) is 0 Å². The number of urea groups is 1. The number of hydrogen-bond acceptors (Lipinski definition) is 4. The van der Waals surface area contributed by atoms with Crippen LogP contribution in [-0.2, 0) is 6.42 Å². The zero-order valence-electron chi connectivity index (χ0n) is 15.3. The Kier molecular flexibility index (Phi) is 6.97. The van der Waals surface area contributed by atoms with E-state index in [9.17, 15) is 4.79 Å². The van der Waals surface area contributed by atoms with Crippen molar-refractivity contribution >= 4 is 23.3 Å². The minimum absolute atomic E-state index is 0.296. The molecule has 0 aliphatic heterocycles. The molecule has 2 aromatic carbocycles. The van der Waals surface area contributed by atoms with Gasteiger partial charge in [-0.05, 0) is 42.7 Å². The number of nitrogens with one attached hydrogen (secondary N) is 2. The van der Waals surface area contributed by atoms with Crippen molar-refractivity contribution < 1.29 is 19.0 Å². The third-order valence-corrected chi connectivity index (χ3v) is 4.15. The molecule has 0 aromatic heterocycles. The number of ether oxygens (including phenoxy) is 3. The van der Waals surface area contributed by atoms with E-state index in [1.54, 1.807) is 39.5 Å². The molecule has 2 amide bonds. The number of benzene rings is 2. The molecule has 0 atom stereocenters. The molecular formula is C19H23ClN2O4. The van der Waals surface area contributed by atoms with Crippen LogP contribution in [0.3, 0.4) is 0 Å². The Morgan fingerprint density at radius 3 is 2.31 bits per heavy atom. The van der Waals surface area contributed by atoms with Gasteiger partial charge in [0.05, 0.1) is 21.3 Å². The summed E-state index contributed by atoms with van der Waals surface area (Å²) in [6, 6.07) is 8.67. The largest absolute Gasteiger partial charge is 0.496 e. The normalized spacial score (nSPS) is 10.2. The molecule has 26 heavy (non-hydrogen) atoms. The van der Waals surface area contributed by atoms with Crippen LogP contribution in [0.5, 0.6) is 17.2 Å². The number of amides is 2. The Balaban J connectivity index is 1.98. The topological polar surface area (TPSA) is 68.8 Å². The lowest BCUT2D eigenvalue weighted by atomic mass is 10.1. The second-order valence-corrected chi connectivity index (χ2v) is 6.05. The maximum Gasteiger partial charge on any atom is 0.319 e. The summed E-state index contributed by atoms with van der Waals surface area (Å²) in [5.74, 6) is 1.88. The van der Waals surface area contributed by atoms with Crippen LogP contribution in [0.4, 0.5) is 10.5 Å². The first-order chi connectivity index (χ1) is 12.5. The number of hydrogen-bond donors (Lipinski definition) is 2. The molecule has 2 aromatic rings. The number of anilines is 1. The van der Waals surface area contributed by atoms with Gasteiger partial charge in [-0.2, -0.15) is 0 Å². The molecule has 0 aliphatic carbocycles. The van der Waals surface area contributed by atoms with E-state index < -0.39 is 0 Å². The van der Waals surface area contributed by atoms with Gasteiger partial charge in [-0.3, -0.25) is 0 Å². The Hall–Kier alpha value is -2.60. The van der Waals surface area contributed by atoms with Crippen LogP contribution >= 0.6 is 11.6 Å². The van der Waals surface area contributed by atoms with E-state index in [2.05, 4.69) is 10.6 Å². The summed E-state index contributed by atoms with van der Waals surface area (Å²) in [6.07, 6.45) is 0.575. The van der Waals surface area contributed by atoms with Crippen molar-refractivity contribution in [3.05, 3.63) is 46.5 Å². The van der Waals surface area contributed by atoms with Gasteiger partial charge in [0.15, 0.2) is 11.5 Å². The molecule has 0 aliphatic rings. The van der Waals surface area contributed by atoms with Gasteiger partial charge in [0.1, 0.15) is 5.75 Å². The Morgan fingerprint density at radius 1 is 1.00 bits per heavy atom. The van der Waals surface area contributed by atoms with Crippen molar-refractivity contribution in [2.75, 3.05) is 33.2 Å². The summed E-state index contributed by atoms with van der Waals surface area (Å²) >= 11 is 5.96. The van der Waals surface area contributed by atoms with Crippen molar-refractivity contribution in [1.82, 2.24) is 5.32 Å². The summed E-state index contributed by atoms with van der Waals surface area (Å²) in [4.78, 5) is 12.1. The third-order valence-electron chi connectivity index (χ3n) is 3.91. The van der Waals surface area contributed by atoms with Crippen molar-refractivity contribution in [1.29, 1.82) is 0 Å². The minimum Gasteiger partial charge on any atom is -0.496 e. The maximum atomic E-state index is 12.1. The van der Waals surface area contributed by atoms with Crippen LogP contribution in [0.25, 0.3) is 0 Å². The molecular weight excluding hydrogens is 356 g/mol. The molecule has 140 valence electrons. The third kappa shape index (κ3) is 4.95. The number of halogens is 1. The van der Waals surface area contributed by atoms with Crippen molar-refractivity contribution in [3.8, 4) is 17.2 Å². The molecule has 7 heteroatoms. The predicted octanol–water partition coefficient (Wildman–Crippen LogP) is 4.04. The standard InChI is InChI=1S/C19H23ClN2O4/c1-12-5-6-14(20)10-15(12)22-19(23)21-8-7-13-9-17(25-3)18(26-4)11-16(13)24-2/h5-6,9-11H,7-8H2,1-4H3,(H2,21,22,23). The molecule has 0 bridgehead atoms. The summed E-state index contributed by atoms with van der Waals surface area (Å²) in [5.41, 5.74) is 2.52. The van der Waals surface area contributed by atoms with Gasteiger partial charge in [-0.1, -0.05) is 17.7 Å². The monoisotopic (exact) mass is 378 g/mol. The molecule has 2 rings (SSSR count). The molecule has 0 unspecified atom stereocenters. The Labute approximate surface area is 158 Å². The lowest BCUT2D eigenvalue weighted by Crippen LogP contribution is -2.30. The van der Waals surface area contributed by atoms with Gasteiger partial charge in [-0.25, -0.2) is 4.79 Å². The first kappa shape index (κ1) is 19.7. The fourth-order valence-electron chi connectivity index (χ4n) is 2.49. The van der Waals surface area contributed by atoms with Crippen LogP contribution in [-0.4, -0.2) is 33.9 Å². The lowest BCUT2D eigenvalue weighted by Gasteiger charge is -2.15. The van der Waals surface area contributed by atoms with Crippen molar-refractivity contribution in [2.45, 2.75) is 13.3 Å². The average molecular weight is 379 g/mol. The quantitative estimate of drug-likeness (QED) is 0.763. The van der Waals surface area contributed by atoms with Gasteiger partial charge in [0.25, 0.3) is 0 Å². The van der Waals surface area contributed by atoms with Crippen LogP contribution in [0.1, 0.15) is 11.1 Å². The molecule has 0 radical (unpaired) electrons. The van der Waals surface area contributed by atoms with Crippen LogP contribution in [0.15, 0.2) is 30.3 Å². The molecule has 6 nitrogen and oxygen atoms in total. The van der Waals surface area contributed by atoms with E-state index in [1.807, 2.05) is 19.1 Å². The van der Waals surface area contributed by atoms with Gasteiger partial charge in [0, 0.05) is 23.3 Å². The lowest BCUT2D eigenvalue weighted by molar-refractivity contribution is 0.252. The first-order valence-electron chi connectivity index (χ1n) is 8.08. The number of carbonyl (C=O) groups excluding carboxylic acids is 1. The second kappa shape index (κ2) is 9.20. The maximum absolute atomic E-state index is 12.1. The highest BCUT2D eigenvalue weighted by atomic mass is 35.5. The number of rotatable bonds is 7. The number of methoxy groups -OCH3 is 3. The van der Waals surface area contributed by atoms with E-state index in [0.717, 1.165) is 11.1 Å². The first-order valence-corrected chi connectivity index (χ1v) is 8.46. The second-order valence-electron chi connectivity index (χ2n) is 5.61. The van der Waals surface area contributed by atoms with E-state index in [1.165, 1.54) is 0 Å². The van der Waals surface area contributed by atoms with E-state index in [0.29, 0.717) is 40.9 Å². The fourth-order valence-corrected chi connectivity index (χ4v) is 2.67. The van der Waals surface area contributed by atoms with Crippen molar-refractivity contribution in [2.24, 2.45) is 0 Å². The van der Waals surface area contributed by atoms with E-state index >= 15 is 0 Å². The summed E-state index contributed by atoms with van der Waals surface area (Å²) in [5, 5.41) is 6.19. The van der Waals surface area contributed by atoms with Crippen LogP contribution in [0.2, 0.25) is 5.02 Å². The molecule has 0 spiro atoms. The number of carbonyl (C=O) groups is 1. The zero-order chi connectivity index (χ0) is 19.1. The summed E-state index contributed by atoms with van der Waals surface area (Å²) < 4.78 is 16.0. The van der Waals surface area contributed by atoms with Gasteiger partial charge in [-0.15, -0.1) is 0 Å². The Bertz CT molecular complexity index is 780. The van der Waals surface area contributed by atoms with Crippen LogP contribution in [0, 0.1) is 6.92 Å². The summed E-state index contributed by atoms with van der Waals surface area (Å²) in [6.45, 7) is 2.33. The molecule has 0 saturated carbocycles.